The van der Waals surface area contributed by atoms with Gasteiger partial charge in [-0.05, 0) is 43.9 Å². The molecule has 2 rings (SSSR count). The van der Waals surface area contributed by atoms with Gasteiger partial charge in [-0.2, -0.15) is 0 Å². The number of halogens is 1. The molecule has 1 heterocycles. The van der Waals surface area contributed by atoms with Crippen molar-refractivity contribution < 1.29 is 4.74 Å². The lowest BCUT2D eigenvalue weighted by atomic mass is 10.0. The lowest BCUT2D eigenvalue weighted by Gasteiger charge is -2.23. The largest absolute Gasteiger partial charge is 0.493 e. The highest BCUT2D eigenvalue weighted by Gasteiger charge is 2.12. The van der Waals surface area contributed by atoms with Crippen LogP contribution in [0.25, 0.3) is 0 Å². The van der Waals surface area contributed by atoms with Crippen LogP contribution in [-0.2, 0) is 6.42 Å². The molecule has 0 spiro atoms. The highest BCUT2D eigenvalue weighted by Crippen LogP contribution is 2.20. The molecule has 1 aromatic carbocycles. The van der Waals surface area contributed by atoms with Gasteiger partial charge in [0, 0.05) is 6.04 Å². The predicted molar refractivity (Wildman–Crippen MR) is 83.4 cm³/mol. The molecule has 1 aliphatic rings. The summed E-state index contributed by atoms with van der Waals surface area (Å²) in [6.45, 7) is 4.22. The number of ether oxygens (including phenoxy) is 1. The maximum atomic E-state index is 5.95. The molecule has 1 fully saturated rings. The van der Waals surface area contributed by atoms with Crippen molar-refractivity contribution in [2.45, 2.75) is 51.5 Å². The Bertz CT molecular complexity index is 350. The van der Waals surface area contributed by atoms with Crippen molar-refractivity contribution in [2.24, 2.45) is 0 Å². The Labute approximate surface area is 123 Å². The average molecular weight is 284 g/mol. The van der Waals surface area contributed by atoms with E-state index < -0.39 is 0 Å². The van der Waals surface area contributed by atoms with Gasteiger partial charge in [0.15, 0.2) is 0 Å². The fourth-order valence-corrected chi connectivity index (χ4v) is 2.60. The number of hydrogen-bond donors (Lipinski definition) is 1. The maximum Gasteiger partial charge on any atom is 0.122 e. The van der Waals surface area contributed by atoms with Gasteiger partial charge >= 0.3 is 0 Å². The van der Waals surface area contributed by atoms with Gasteiger partial charge in [0.1, 0.15) is 5.75 Å². The maximum absolute atomic E-state index is 5.95. The van der Waals surface area contributed by atoms with Gasteiger partial charge < -0.3 is 10.1 Å². The van der Waals surface area contributed by atoms with E-state index in [2.05, 4.69) is 36.5 Å². The zero-order valence-electron chi connectivity index (χ0n) is 11.9. The van der Waals surface area contributed by atoms with Crippen LogP contribution in [-0.4, -0.2) is 19.2 Å². The second-order valence-electron chi connectivity index (χ2n) is 5.14. The lowest BCUT2D eigenvalue weighted by Crippen LogP contribution is -2.35. The van der Waals surface area contributed by atoms with Crippen LogP contribution in [0.4, 0.5) is 0 Å². The average Bonchev–Trinajstić information content (AvgIpc) is 2.42. The first-order valence-corrected chi connectivity index (χ1v) is 7.34. The fourth-order valence-electron chi connectivity index (χ4n) is 2.60. The van der Waals surface area contributed by atoms with E-state index in [-0.39, 0.29) is 12.4 Å². The van der Waals surface area contributed by atoms with Crippen LogP contribution in [0.3, 0.4) is 0 Å². The smallest absolute Gasteiger partial charge is 0.122 e. The molecule has 0 bridgehead atoms. The van der Waals surface area contributed by atoms with E-state index in [0.29, 0.717) is 6.04 Å². The minimum atomic E-state index is 0. The third kappa shape index (κ3) is 5.42. The number of nitrogens with one attached hydrogen (secondary N) is 1. The molecule has 0 radical (unpaired) electrons. The molecular weight excluding hydrogens is 258 g/mol. The van der Waals surface area contributed by atoms with E-state index in [9.17, 15) is 0 Å². The summed E-state index contributed by atoms with van der Waals surface area (Å²) in [5, 5.41) is 3.57. The van der Waals surface area contributed by atoms with Crippen molar-refractivity contribution in [3.63, 3.8) is 0 Å². The molecule has 0 amide bonds. The molecule has 19 heavy (non-hydrogen) atoms. The van der Waals surface area contributed by atoms with Crippen molar-refractivity contribution in [3.05, 3.63) is 29.8 Å². The molecule has 1 aliphatic heterocycles. The minimum Gasteiger partial charge on any atom is -0.493 e. The Balaban J connectivity index is 0.00000180. The first-order valence-electron chi connectivity index (χ1n) is 7.34. The van der Waals surface area contributed by atoms with Crippen LogP contribution < -0.4 is 10.1 Å². The third-order valence-corrected chi connectivity index (χ3v) is 3.63. The Morgan fingerprint density at radius 3 is 2.84 bits per heavy atom. The Morgan fingerprint density at radius 1 is 1.26 bits per heavy atom. The summed E-state index contributed by atoms with van der Waals surface area (Å²) in [7, 11) is 0. The van der Waals surface area contributed by atoms with Gasteiger partial charge in [-0.1, -0.05) is 38.0 Å². The monoisotopic (exact) mass is 283 g/mol. The van der Waals surface area contributed by atoms with Crippen LogP contribution in [0.2, 0.25) is 0 Å². The van der Waals surface area contributed by atoms with Gasteiger partial charge in [-0.15, -0.1) is 12.4 Å². The van der Waals surface area contributed by atoms with Gasteiger partial charge in [-0.3, -0.25) is 0 Å². The van der Waals surface area contributed by atoms with E-state index in [4.69, 9.17) is 4.74 Å². The SMILES string of the molecule is CCCc1ccccc1OCCC1CCCCN1.Cl. The van der Waals surface area contributed by atoms with E-state index in [1.165, 1.54) is 37.8 Å². The summed E-state index contributed by atoms with van der Waals surface area (Å²) < 4.78 is 5.95. The van der Waals surface area contributed by atoms with Crippen LogP contribution in [0.15, 0.2) is 24.3 Å². The quantitative estimate of drug-likeness (QED) is 0.853. The molecule has 1 N–H and O–H groups in total. The summed E-state index contributed by atoms with van der Waals surface area (Å²) in [6, 6.07) is 9.10. The third-order valence-electron chi connectivity index (χ3n) is 3.63. The number of benzene rings is 1. The summed E-state index contributed by atoms with van der Waals surface area (Å²) in [5.74, 6) is 1.08. The van der Waals surface area contributed by atoms with Gasteiger partial charge in [0.2, 0.25) is 0 Å². The van der Waals surface area contributed by atoms with E-state index in [1.807, 2.05) is 0 Å². The second-order valence-corrected chi connectivity index (χ2v) is 5.14. The van der Waals surface area contributed by atoms with Crippen LogP contribution in [0, 0.1) is 0 Å². The molecule has 0 aliphatic carbocycles. The van der Waals surface area contributed by atoms with Crippen LogP contribution in [0.5, 0.6) is 5.75 Å². The summed E-state index contributed by atoms with van der Waals surface area (Å²) in [5.41, 5.74) is 1.34. The first kappa shape index (κ1) is 16.3. The van der Waals surface area contributed by atoms with Crippen molar-refractivity contribution >= 4 is 12.4 Å². The van der Waals surface area contributed by atoms with Crippen molar-refractivity contribution in [1.82, 2.24) is 5.32 Å². The second kappa shape index (κ2) is 9.22. The normalized spacial score (nSPS) is 18.7. The number of rotatable bonds is 6. The van der Waals surface area contributed by atoms with Crippen molar-refractivity contribution in [2.75, 3.05) is 13.2 Å². The van der Waals surface area contributed by atoms with E-state index in [1.54, 1.807) is 0 Å². The number of piperidine rings is 1. The molecule has 1 aromatic rings. The summed E-state index contributed by atoms with van der Waals surface area (Å²) in [6.07, 6.45) is 7.41. The predicted octanol–water partition coefficient (Wildman–Crippen LogP) is 3.97. The van der Waals surface area contributed by atoms with Gasteiger partial charge in [-0.25, -0.2) is 0 Å². The molecule has 0 saturated carbocycles. The standard InChI is InChI=1S/C16H25NO.ClH/c1-2-7-14-8-3-4-10-16(14)18-13-11-15-9-5-6-12-17-15;/h3-4,8,10,15,17H,2,5-7,9,11-13H2,1H3;1H. The Morgan fingerprint density at radius 2 is 2.11 bits per heavy atom. The van der Waals surface area contributed by atoms with Crippen molar-refractivity contribution in [3.8, 4) is 5.75 Å². The Hall–Kier alpha value is -0.730. The van der Waals surface area contributed by atoms with Crippen molar-refractivity contribution in [1.29, 1.82) is 0 Å². The Kier molecular flexibility index (Phi) is 7.92. The molecule has 2 nitrogen and oxygen atoms in total. The lowest BCUT2D eigenvalue weighted by molar-refractivity contribution is 0.266. The molecule has 108 valence electrons. The molecule has 1 unspecified atom stereocenters. The number of aryl methyl sites for hydroxylation is 1. The minimum absolute atomic E-state index is 0. The molecule has 0 aromatic heterocycles. The highest BCUT2D eigenvalue weighted by molar-refractivity contribution is 5.85. The zero-order chi connectivity index (χ0) is 12.6. The van der Waals surface area contributed by atoms with Gasteiger partial charge in [0.25, 0.3) is 0 Å². The topological polar surface area (TPSA) is 21.3 Å². The van der Waals surface area contributed by atoms with Crippen LogP contribution in [0.1, 0.15) is 44.6 Å². The highest BCUT2D eigenvalue weighted by atomic mass is 35.5. The molecule has 1 atom stereocenters. The van der Waals surface area contributed by atoms with Gasteiger partial charge in [0.05, 0.1) is 6.61 Å². The summed E-state index contributed by atoms with van der Waals surface area (Å²) >= 11 is 0. The molecule has 3 heteroatoms. The first-order chi connectivity index (χ1) is 8.90. The fraction of sp³-hybridized carbons (Fsp3) is 0.625. The zero-order valence-corrected chi connectivity index (χ0v) is 12.7. The number of hydrogen-bond acceptors (Lipinski definition) is 2. The molecular formula is C16H26ClNO. The number of para-hydroxylation sites is 1. The molecule has 1 saturated heterocycles. The van der Waals surface area contributed by atoms with E-state index in [0.717, 1.165) is 25.2 Å². The van der Waals surface area contributed by atoms with Crippen LogP contribution >= 0.6 is 12.4 Å². The van der Waals surface area contributed by atoms with E-state index >= 15 is 0 Å². The summed E-state index contributed by atoms with van der Waals surface area (Å²) in [4.78, 5) is 0.